The first-order valence-corrected chi connectivity index (χ1v) is 8.96. The molecule has 0 fully saturated rings. The van der Waals surface area contributed by atoms with E-state index in [4.69, 9.17) is 14.5 Å². The van der Waals surface area contributed by atoms with Gasteiger partial charge in [0.05, 0.1) is 49.0 Å². The van der Waals surface area contributed by atoms with Crippen LogP contribution in [-0.2, 0) is 13.1 Å². The van der Waals surface area contributed by atoms with Gasteiger partial charge >= 0.3 is 0 Å². The van der Waals surface area contributed by atoms with Crippen LogP contribution in [0.2, 0.25) is 0 Å². The van der Waals surface area contributed by atoms with Crippen LogP contribution in [0.3, 0.4) is 0 Å². The van der Waals surface area contributed by atoms with Gasteiger partial charge in [-0.1, -0.05) is 36.4 Å². The lowest BCUT2D eigenvalue weighted by molar-refractivity contribution is 0.562. The molecule has 0 aliphatic carbocycles. The third kappa shape index (κ3) is 3.12. The number of benzene rings is 1. The van der Waals surface area contributed by atoms with Gasteiger partial charge in [-0.15, -0.1) is 6.58 Å². The van der Waals surface area contributed by atoms with E-state index in [0.29, 0.717) is 13.1 Å². The summed E-state index contributed by atoms with van der Waals surface area (Å²) in [4.78, 5) is 4.76. The molecule has 0 unspecified atom stereocenters. The van der Waals surface area contributed by atoms with Crippen LogP contribution in [0.25, 0.3) is 22.5 Å². The minimum absolute atomic E-state index is 0.684. The minimum Gasteiger partial charge on any atom is -0.472 e. The molecule has 0 amide bonds. The lowest BCUT2D eigenvalue weighted by atomic mass is 10.0. The number of nitrogens with zero attached hydrogens (tertiary/aromatic N) is 4. The molecule has 3 heterocycles. The Morgan fingerprint density at radius 1 is 1.15 bits per heavy atom. The first-order chi connectivity index (χ1) is 13.2. The van der Waals surface area contributed by atoms with Gasteiger partial charge < -0.3 is 8.98 Å². The zero-order chi connectivity index (χ0) is 18.8. The predicted octanol–water partition coefficient (Wildman–Crippen LogP) is 4.86. The fraction of sp³-hybridized carbons (Fsp3) is 0.182. The van der Waals surface area contributed by atoms with Crippen LogP contribution in [0.4, 0.5) is 0 Å². The summed E-state index contributed by atoms with van der Waals surface area (Å²) in [6.07, 6.45) is 7.23. The summed E-state index contributed by atoms with van der Waals surface area (Å²) in [6, 6.07) is 12.3. The molecule has 0 aliphatic heterocycles. The van der Waals surface area contributed by atoms with Gasteiger partial charge in [-0.05, 0) is 19.9 Å². The summed E-state index contributed by atoms with van der Waals surface area (Å²) in [5, 5.41) is 4.71. The molecule has 0 saturated heterocycles. The van der Waals surface area contributed by atoms with Gasteiger partial charge in [0.2, 0.25) is 0 Å². The number of imidazole rings is 1. The van der Waals surface area contributed by atoms with E-state index in [1.807, 2.05) is 48.3 Å². The maximum Gasteiger partial charge on any atom is 0.0964 e. The second kappa shape index (κ2) is 7.11. The molecule has 4 aromatic rings. The number of furan rings is 1. The van der Waals surface area contributed by atoms with E-state index in [2.05, 4.69) is 30.2 Å². The van der Waals surface area contributed by atoms with E-state index in [-0.39, 0.29) is 0 Å². The number of hydrogen-bond acceptors (Lipinski definition) is 3. The number of allylic oxidation sites excluding steroid dienone is 1. The smallest absolute Gasteiger partial charge is 0.0964 e. The van der Waals surface area contributed by atoms with Gasteiger partial charge in [-0.3, -0.25) is 4.68 Å². The molecule has 4 rings (SSSR count). The van der Waals surface area contributed by atoms with E-state index in [9.17, 15) is 0 Å². The molecule has 5 nitrogen and oxygen atoms in total. The van der Waals surface area contributed by atoms with Crippen molar-refractivity contribution < 1.29 is 4.42 Å². The van der Waals surface area contributed by atoms with Gasteiger partial charge in [0.25, 0.3) is 0 Å². The molecule has 0 radical (unpaired) electrons. The van der Waals surface area contributed by atoms with Gasteiger partial charge in [0.15, 0.2) is 0 Å². The molecule has 0 bridgehead atoms. The van der Waals surface area contributed by atoms with Crippen molar-refractivity contribution in [2.75, 3.05) is 0 Å². The standard InChI is InChI=1S/C22H22N4O/c1-4-11-26-17(3)20(16(2)24-26)22-21(19-8-6-5-7-9-19)23-15-25(22)13-18-10-12-27-14-18/h4-10,12,14-15H,1,11,13H2,2-3H3. The van der Waals surface area contributed by atoms with Crippen LogP contribution < -0.4 is 0 Å². The minimum atomic E-state index is 0.684. The number of rotatable bonds is 6. The second-order valence-electron chi connectivity index (χ2n) is 6.58. The summed E-state index contributed by atoms with van der Waals surface area (Å²) in [6.45, 7) is 9.37. The van der Waals surface area contributed by atoms with Crippen molar-refractivity contribution in [3.8, 4) is 22.5 Å². The van der Waals surface area contributed by atoms with E-state index >= 15 is 0 Å². The Hall–Kier alpha value is -3.34. The van der Waals surface area contributed by atoms with E-state index in [1.54, 1.807) is 12.5 Å². The predicted molar refractivity (Wildman–Crippen MR) is 106 cm³/mol. The van der Waals surface area contributed by atoms with Crippen molar-refractivity contribution in [1.82, 2.24) is 19.3 Å². The largest absolute Gasteiger partial charge is 0.472 e. The highest BCUT2D eigenvalue weighted by Crippen LogP contribution is 2.35. The Balaban J connectivity index is 1.91. The van der Waals surface area contributed by atoms with Gasteiger partial charge in [-0.2, -0.15) is 5.10 Å². The van der Waals surface area contributed by atoms with Crippen LogP contribution >= 0.6 is 0 Å². The van der Waals surface area contributed by atoms with Crippen LogP contribution in [0.15, 0.2) is 72.3 Å². The zero-order valence-corrected chi connectivity index (χ0v) is 15.6. The molecular formula is C22H22N4O. The Morgan fingerprint density at radius 2 is 1.96 bits per heavy atom. The molecule has 0 atom stereocenters. The number of aryl methyl sites for hydroxylation is 1. The molecule has 27 heavy (non-hydrogen) atoms. The van der Waals surface area contributed by atoms with Crippen LogP contribution in [0, 0.1) is 13.8 Å². The first kappa shape index (κ1) is 17.1. The Labute approximate surface area is 158 Å². The number of aromatic nitrogens is 4. The van der Waals surface area contributed by atoms with E-state index in [1.165, 1.54) is 0 Å². The zero-order valence-electron chi connectivity index (χ0n) is 15.6. The Morgan fingerprint density at radius 3 is 2.67 bits per heavy atom. The summed E-state index contributed by atoms with van der Waals surface area (Å²) in [7, 11) is 0. The SMILES string of the molecule is C=CCn1nc(C)c(-c2c(-c3ccccc3)ncn2Cc2ccoc2)c1C. The van der Waals surface area contributed by atoms with Gasteiger partial charge in [-0.25, -0.2) is 4.98 Å². The maximum absolute atomic E-state index is 5.25. The molecule has 0 spiro atoms. The molecule has 3 aromatic heterocycles. The fourth-order valence-corrected chi connectivity index (χ4v) is 3.49. The summed E-state index contributed by atoms with van der Waals surface area (Å²) in [5.74, 6) is 0. The summed E-state index contributed by atoms with van der Waals surface area (Å²) in [5.41, 5.74) is 7.45. The molecule has 0 N–H and O–H groups in total. The average molecular weight is 358 g/mol. The highest BCUT2D eigenvalue weighted by molar-refractivity contribution is 5.81. The monoisotopic (exact) mass is 358 g/mol. The maximum atomic E-state index is 5.25. The third-order valence-electron chi connectivity index (χ3n) is 4.74. The molecule has 1 aromatic carbocycles. The molecule has 0 saturated carbocycles. The van der Waals surface area contributed by atoms with Gasteiger partial charge in [0.1, 0.15) is 0 Å². The Kier molecular flexibility index (Phi) is 4.50. The summed E-state index contributed by atoms with van der Waals surface area (Å²) >= 11 is 0. The summed E-state index contributed by atoms with van der Waals surface area (Å²) < 4.78 is 9.40. The lowest BCUT2D eigenvalue weighted by Gasteiger charge is -2.11. The highest BCUT2D eigenvalue weighted by atomic mass is 16.3. The number of hydrogen-bond donors (Lipinski definition) is 0. The van der Waals surface area contributed by atoms with Gasteiger partial charge in [0, 0.05) is 22.4 Å². The van der Waals surface area contributed by atoms with Crippen LogP contribution in [0.1, 0.15) is 17.0 Å². The topological polar surface area (TPSA) is 48.8 Å². The molecular weight excluding hydrogens is 336 g/mol. The fourth-order valence-electron chi connectivity index (χ4n) is 3.49. The van der Waals surface area contributed by atoms with E-state index in [0.717, 1.165) is 39.5 Å². The lowest BCUT2D eigenvalue weighted by Crippen LogP contribution is -2.03. The molecule has 0 aliphatic rings. The van der Waals surface area contributed by atoms with Crippen molar-refractivity contribution in [2.45, 2.75) is 26.9 Å². The van der Waals surface area contributed by atoms with Crippen LogP contribution in [0.5, 0.6) is 0 Å². The van der Waals surface area contributed by atoms with Crippen molar-refractivity contribution in [3.05, 3.63) is 84.9 Å². The Bertz CT molecular complexity index is 1060. The van der Waals surface area contributed by atoms with Crippen molar-refractivity contribution in [1.29, 1.82) is 0 Å². The van der Waals surface area contributed by atoms with Crippen molar-refractivity contribution in [3.63, 3.8) is 0 Å². The second-order valence-corrected chi connectivity index (χ2v) is 6.58. The van der Waals surface area contributed by atoms with Crippen molar-refractivity contribution >= 4 is 0 Å². The third-order valence-corrected chi connectivity index (χ3v) is 4.74. The quantitative estimate of drug-likeness (QED) is 0.463. The highest BCUT2D eigenvalue weighted by Gasteiger charge is 2.22. The molecule has 5 heteroatoms. The normalized spacial score (nSPS) is 11.0. The average Bonchev–Trinajstić information content (AvgIpc) is 3.38. The van der Waals surface area contributed by atoms with E-state index < -0.39 is 0 Å². The molecule has 136 valence electrons. The van der Waals surface area contributed by atoms with Crippen molar-refractivity contribution in [2.24, 2.45) is 0 Å². The van der Waals surface area contributed by atoms with Crippen LogP contribution in [-0.4, -0.2) is 19.3 Å². The first-order valence-electron chi connectivity index (χ1n) is 8.96.